The number of carbonyl (C=O) groups excluding carboxylic acids is 2. The number of fused-ring (bicyclic) bond motifs is 2. The van der Waals surface area contributed by atoms with Crippen molar-refractivity contribution in [1.82, 2.24) is 4.57 Å². The van der Waals surface area contributed by atoms with Gasteiger partial charge in [0, 0.05) is 22.6 Å². The summed E-state index contributed by atoms with van der Waals surface area (Å²) in [4.78, 5) is 48.0. The molecule has 0 spiro atoms. The molecule has 9 nitrogen and oxygen atoms in total. The quantitative estimate of drug-likeness (QED) is 0.371. The van der Waals surface area contributed by atoms with Crippen LogP contribution >= 0.6 is 27.3 Å². The molecule has 0 aliphatic carbocycles. The molecule has 0 bridgehead atoms. The van der Waals surface area contributed by atoms with Gasteiger partial charge in [0.1, 0.15) is 22.1 Å². The summed E-state index contributed by atoms with van der Waals surface area (Å²) >= 11 is 4.63. The maximum absolute atomic E-state index is 14.3. The van der Waals surface area contributed by atoms with Gasteiger partial charge in [0.05, 0.1) is 43.4 Å². The van der Waals surface area contributed by atoms with Gasteiger partial charge in [-0.3, -0.25) is 14.2 Å². The molecule has 0 radical (unpaired) electrons. The first kappa shape index (κ1) is 27.9. The summed E-state index contributed by atoms with van der Waals surface area (Å²) in [6, 6.07) is 9.84. The second-order valence-electron chi connectivity index (χ2n) is 9.24. The summed E-state index contributed by atoms with van der Waals surface area (Å²) in [6.45, 7) is 3.88. The highest BCUT2D eigenvalue weighted by Crippen LogP contribution is 2.39. The molecule has 40 heavy (non-hydrogen) atoms. The molecule has 0 saturated carbocycles. The Bertz CT molecular complexity index is 1760. The second-order valence-corrected chi connectivity index (χ2v) is 11.1. The van der Waals surface area contributed by atoms with E-state index in [1.54, 1.807) is 39.3 Å². The first-order valence-corrected chi connectivity index (χ1v) is 14.4. The molecule has 1 amide bonds. The smallest absolute Gasteiger partial charge is 0.338 e. The van der Waals surface area contributed by atoms with Crippen molar-refractivity contribution >= 4 is 50.4 Å². The van der Waals surface area contributed by atoms with E-state index in [4.69, 9.17) is 19.2 Å². The van der Waals surface area contributed by atoms with Crippen LogP contribution in [0.5, 0.6) is 11.5 Å². The van der Waals surface area contributed by atoms with Crippen molar-refractivity contribution in [2.75, 3.05) is 32.8 Å². The first-order valence-electron chi connectivity index (χ1n) is 12.8. The van der Waals surface area contributed by atoms with Crippen LogP contribution in [-0.2, 0) is 14.3 Å². The zero-order valence-electron chi connectivity index (χ0n) is 22.7. The van der Waals surface area contributed by atoms with Crippen molar-refractivity contribution in [2.24, 2.45) is 4.99 Å². The summed E-state index contributed by atoms with van der Waals surface area (Å²) in [5.74, 6) is 0.152. The molecule has 0 saturated heterocycles. The molecule has 1 atom stereocenters. The van der Waals surface area contributed by atoms with Crippen molar-refractivity contribution in [3.63, 3.8) is 0 Å². The minimum atomic E-state index is -0.910. The van der Waals surface area contributed by atoms with Crippen molar-refractivity contribution < 1.29 is 23.8 Å². The van der Waals surface area contributed by atoms with E-state index in [1.807, 2.05) is 25.1 Å². The average Bonchev–Trinajstić information content (AvgIpc) is 3.39. The topological polar surface area (TPSA) is 99.4 Å². The Morgan fingerprint density at radius 2 is 1.88 bits per heavy atom. The van der Waals surface area contributed by atoms with Crippen molar-refractivity contribution in [3.8, 4) is 11.5 Å². The van der Waals surface area contributed by atoms with E-state index in [2.05, 4.69) is 15.9 Å². The van der Waals surface area contributed by atoms with Crippen LogP contribution in [0.1, 0.15) is 43.9 Å². The number of hydrogen-bond donors (Lipinski definition) is 0. The highest BCUT2D eigenvalue weighted by Gasteiger charge is 2.38. The number of anilines is 1. The van der Waals surface area contributed by atoms with E-state index in [0.717, 1.165) is 15.8 Å². The number of hydrogen-bond acceptors (Lipinski definition) is 8. The Morgan fingerprint density at radius 3 is 2.55 bits per heavy atom. The van der Waals surface area contributed by atoms with Crippen LogP contribution in [0.25, 0.3) is 5.57 Å². The van der Waals surface area contributed by atoms with Crippen LogP contribution in [-0.4, -0.2) is 44.3 Å². The van der Waals surface area contributed by atoms with Gasteiger partial charge in [0.25, 0.3) is 11.5 Å². The molecule has 2 aliphatic rings. The SMILES string of the molecule is CCCC1=C(C(=O)OCC)[C@H](c2cc(OC)ccc2OC)n2c(s/c(=C3/C(=O)N(C)c4ccc(Br)cc43)c2=O)=N1. The molecule has 11 heteroatoms. The molecule has 208 valence electrons. The second kappa shape index (κ2) is 11.1. The largest absolute Gasteiger partial charge is 0.497 e. The van der Waals surface area contributed by atoms with Gasteiger partial charge >= 0.3 is 5.97 Å². The summed E-state index contributed by atoms with van der Waals surface area (Å²) < 4.78 is 19.2. The molecule has 0 fully saturated rings. The van der Waals surface area contributed by atoms with Gasteiger partial charge in [0.15, 0.2) is 4.80 Å². The number of carbonyl (C=O) groups is 2. The maximum Gasteiger partial charge on any atom is 0.338 e. The summed E-state index contributed by atoms with van der Waals surface area (Å²) in [6.07, 6.45) is 1.21. The lowest BCUT2D eigenvalue weighted by molar-refractivity contribution is -0.139. The number of ether oxygens (including phenoxy) is 3. The molecular formula is C29H28BrN3O6S. The predicted molar refractivity (Wildman–Crippen MR) is 156 cm³/mol. The van der Waals surface area contributed by atoms with Crippen LogP contribution in [0.15, 0.2) is 61.9 Å². The van der Waals surface area contributed by atoms with Gasteiger partial charge in [-0.1, -0.05) is 40.6 Å². The number of thiazole rings is 1. The fraction of sp³-hybridized carbons (Fsp3) is 0.310. The average molecular weight is 627 g/mol. The van der Waals surface area contributed by atoms with E-state index in [1.165, 1.54) is 16.6 Å². The highest BCUT2D eigenvalue weighted by atomic mass is 79.9. The number of benzene rings is 2. The Morgan fingerprint density at radius 1 is 1.10 bits per heavy atom. The van der Waals surface area contributed by atoms with Crippen molar-refractivity contribution in [3.05, 3.63) is 83.0 Å². The van der Waals surface area contributed by atoms with E-state index < -0.39 is 17.6 Å². The molecule has 3 aromatic rings. The number of rotatable bonds is 7. The van der Waals surface area contributed by atoms with Crippen molar-refractivity contribution in [1.29, 1.82) is 0 Å². The number of allylic oxidation sites excluding steroid dienone is 1. The summed E-state index contributed by atoms with van der Waals surface area (Å²) in [5, 5.41) is 0. The number of esters is 1. The molecule has 1 aromatic heterocycles. The monoisotopic (exact) mass is 625 g/mol. The molecule has 0 N–H and O–H groups in total. The third kappa shape index (κ3) is 4.46. The van der Waals surface area contributed by atoms with Crippen molar-refractivity contribution in [2.45, 2.75) is 32.7 Å². The number of nitrogens with zero attached hydrogens (tertiary/aromatic N) is 3. The summed E-state index contributed by atoms with van der Waals surface area (Å²) in [5.41, 5.74) is 2.57. The van der Waals surface area contributed by atoms with E-state index in [9.17, 15) is 14.4 Å². The first-order chi connectivity index (χ1) is 19.2. The zero-order chi connectivity index (χ0) is 28.7. The van der Waals surface area contributed by atoms with Gasteiger partial charge in [0.2, 0.25) is 0 Å². The Balaban J connectivity index is 1.90. The minimum Gasteiger partial charge on any atom is -0.497 e. The lowest BCUT2D eigenvalue weighted by Gasteiger charge is -2.27. The molecule has 0 unspecified atom stereocenters. The molecular weight excluding hydrogens is 598 g/mol. The standard InChI is InChI=1S/C29H28BrN3O6S/c1-6-8-19-23(28(36)39-7-2)24(18-14-16(37-4)10-12-21(18)38-5)33-27(35)25(40-29(33)31-19)22-17-13-15(30)9-11-20(17)32(3)26(22)34/h9-14,24H,6-8H2,1-5H3/b25-22+/t24-/m0/s1. The van der Waals surface area contributed by atoms with Crippen LogP contribution in [0.3, 0.4) is 0 Å². The minimum absolute atomic E-state index is 0.158. The van der Waals surface area contributed by atoms with Gasteiger partial charge in [-0.15, -0.1) is 0 Å². The number of amides is 1. The van der Waals surface area contributed by atoms with Gasteiger partial charge < -0.3 is 19.1 Å². The summed E-state index contributed by atoms with van der Waals surface area (Å²) in [7, 11) is 4.75. The molecule has 2 aliphatic heterocycles. The third-order valence-electron chi connectivity index (χ3n) is 6.93. The van der Waals surface area contributed by atoms with E-state index >= 15 is 0 Å². The van der Waals surface area contributed by atoms with Gasteiger partial charge in [-0.05, 0) is 49.7 Å². The third-order valence-corrected chi connectivity index (χ3v) is 8.48. The number of likely N-dealkylation sites (N-methyl/N-ethyl adjacent to an activating group) is 1. The Kier molecular flexibility index (Phi) is 7.70. The highest BCUT2D eigenvalue weighted by molar-refractivity contribution is 9.10. The lowest BCUT2D eigenvalue weighted by Crippen LogP contribution is -2.41. The number of aromatic nitrogens is 1. The fourth-order valence-electron chi connectivity index (χ4n) is 5.13. The van der Waals surface area contributed by atoms with Gasteiger partial charge in [-0.25, -0.2) is 9.79 Å². The Hall–Kier alpha value is -3.70. The number of halogens is 1. The van der Waals surface area contributed by atoms with Crippen LogP contribution in [0.2, 0.25) is 0 Å². The van der Waals surface area contributed by atoms with E-state index in [0.29, 0.717) is 57.2 Å². The number of methoxy groups -OCH3 is 2. The maximum atomic E-state index is 14.3. The normalized spacial score (nSPS) is 17.4. The lowest BCUT2D eigenvalue weighted by atomic mass is 9.93. The molecule has 2 aromatic carbocycles. The van der Waals surface area contributed by atoms with Crippen LogP contribution in [0, 0.1) is 0 Å². The fourth-order valence-corrected chi connectivity index (χ4v) is 6.60. The zero-order valence-corrected chi connectivity index (χ0v) is 25.1. The molecule has 3 heterocycles. The van der Waals surface area contributed by atoms with Gasteiger partial charge in [-0.2, -0.15) is 0 Å². The van der Waals surface area contributed by atoms with Crippen LogP contribution in [0.4, 0.5) is 5.69 Å². The predicted octanol–water partition coefficient (Wildman–Crippen LogP) is 3.70. The molecule has 5 rings (SSSR count). The van der Waals surface area contributed by atoms with E-state index in [-0.39, 0.29) is 22.6 Å². The Labute approximate surface area is 243 Å². The van der Waals surface area contributed by atoms with Crippen LogP contribution < -0.4 is 29.3 Å².